The molecule has 2 heterocycles. The van der Waals surface area contributed by atoms with Crippen LogP contribution in [0.25, 0.3) is 0 Å². The molecule has 162 valence electrons. The zero-order valence-electron chi connectivity index (χ0n) is 18.0. The van der Waals surface area contributed by atoms with Gasteiger partial charge in [-0.2, -0.15) is 4.39 Å². The second-order valence-corrected chi connectivity index (χ2v) is 8.94. The van der Waals surface area contributed by atoms with E-state index in [0.717, 1.165) is 5.56 Å². The van der Waals surface area contributed by atoms with Crippen molar-refractivity contribution in [3.05, 3.63) is 53.2 Å². The van der Waals surface area contributed by atoms with Crippen LogP contribution in [0.1, 0.15) is 50.8 Å². The Labute approximate surface area is 176 Å². The lowest BCUT2D eigenvalue weighted by Crippen LogP contribution is -2.27. The number of hydrogen-bond donors (Lipinski definition) is 1. The number of aryl methyl sites for hydroxylation is 1. The SMILES string of the molecule is Cc1cc(N2CCO[C@@H](c3ccc(F)cc3)CC2)nc(F)c1NC(=O)CC(C)(C)C. The fraction of sp³-hybridized carbons (Fsp3) is 0.478. The summed E-state index contributed by atoms with van der Waals surface area (Å²) in [5.41, 5.74) is 1.49. The van der Waals surface area contributed by atoms with Crippen LogP contribution in [-0.2, 0) is 9.53 Å². The van der Waals surface area contributed by atoms with E-state index in [0.29, 0.717) is 43.9 Å². The normalized spacial score (nSPS) is 17.5. The van der Waals surface area contributed by atoms with Crippen LogP contribution in [0.4, 0.5) is 20.3 Å². The van der Waals surface area contributed by atoms with E-state index >= 15 is 0 Å². The van der Waals surface area contributed by atoms with Gasteiger partial charge in [0.2, 0.25) is 11.9 Å². The van der Waals surface area contributed by atoms with E-state index in [1.165, 1.54) is 12.1 Å². The van der Waals surface area contributed by atoms with Crippen molar-refractivity contribution in [1.29, 1.82) is 0 Å². The molecule has 2 aromatic rings. The lowest BCUT2D eigenvalue weighted by atomic mass is 9.92. The maximum Gasteiger partial charge on any atom is 0.238 e. The molecule has 0 saturated carbocycles. The number of aromatic nitrogens is 1. The Kier molecular flexibility index (Phi) is 6.71. The van der Waals surface area contributed by atoms with E-state index in [2.05, 4.69) is 10.3 Å². The number of carbonyl (C=O) groups excluding carboxylic acids is 1. The molecule has 1 aliphatic heterocycles. The molecule has 0 spiro atoms. The second-order valence-electron chi connectivity index (χ2n) is 8.94. The Morgan fingerprint density at radius 2 is 1.93 bits per heavy atom. The van der Waals surface area contributed by atoms with Crippen LogP contribution >= 0.6 is 0 Å². The van der Waals surface area contributed by atoms with E-state index < -0.39 is 5.95 Å². The van der Waals surface area contributed by atoms with Gasteiger partial charge in [-0.1, -0.05) is 32.9 Å². The molecule has 0 radical (unpaired) electrons. The third-order valence-electron chi connectivity index (χ3n) is 5.02. The lowest BCUT2D eigenvalue weighted by molar-refractivity contribution is -0.117. The molecule has 1 saturated heterocycles. The Hall–Kier alpha value is -2.54. The Bertz CT molecular complexity index is 871. The van der Waals surface area contributed by atoms with Crippen LogP contribution in [0.5, 0.6) is 0 Å². The van der Waals surface area contributed by atoms with Crippen LogP contribution < -0.4 is 10.2 Å². The van der Waals surface area contributed by atoms with Crippen molar-refractivity contribution < 1.29 is 18.3 Å². The average Bonchev–Trinajstić information content (AvgIpc) is 2.90. The Balaban J connectivity index is 1.70. The highest BCUT2D eigenvalue weighted by molar-refractivity contribution is 5.92. The summed E-state index contributed by atoms with van der Waals surface area (Å²) >= 11 is 0. The molecule has 0 aliphatic carbocycles. The molecular weight excluding hydrogens is 388 g/mol. The van der Waals surface area contributed by atoms with Crippen LogP contribution in [0.15, 0.2) is 30.3 Å². The first-order valence-electron chi connectivity index (χ1n) is 10.2. The van der Waals surface area contributed by atoms with E-state index in [1.807, 2.05) is 25.7 Å². The van der Waals surface area contributed by atoms with Crippen LogP contribution in [0.3, 0.4) is 0 Å². The first-order valence-corrected chi connectivity index (χ1v) is 10.2. The third kappa shape index (κ3) is 5.75. The summed E-state index contributed by atoms with van der Waals surface area (Å²) in [4.78, 5) is 18.3. The van der Waals surface area contributed by atoms with Gasteiger partial charge in [0.1, 0.15) is 11.6 Å². The number of nitrogens with one attached hydrogen (secondary N) is 1. The summed E-state index contributed by atoms with van der Waals surface area (Å²) in [6.07, 6.45) is 0.831. The van der Waals surface area contributed by atoms with Crippen molar-refractivity contribution in [3.8, 4) is 0 Å². The maximum atomic E-state index is 14.7. The number of carbonyl (C=O) groups is 1. The lowest BCUT2D eigenvalue weighted by Gasteiger charge is -2.23. The average molecular weight is 418 g/mol. The zero-order valence-corrected chi connectivity index (χ0v) is 18.0. The molecule has 1 aromatic heterocycles. The zero-order chi connectivity index (χ0) is 21.9. The summed E-state index contributed by atoms with van der Waals surface area (Å²) in [7, 11) is 0. The molecule has 1 N–H and O–H groups in total. The van der Waals surface area contributed by atoms with Crippen molar-refractivity contribution in [2.24, 2.45) is 5.41 Å². The van der Waals surface area contributed by atoms with Gasteiger partial charge in [-0.05, 0) is 48.1 Å². The molecule has 7 heteroatoms. The van der Waals surface area contributed by atoms with Gasteiger partial charge in [0.25, 0.3) is 0 Å². The van der Waals surface area contributed by atoms with Crippen molar-refractivity contribution in [1.82, 2.24) is 4.98 Å². The van der Waals surface area contributed by atoms with Crippen LogP contribution in [0, 0.1) is 24.1 Å². The van der Waals surface area contributed by atoms with Gasteiger partial charge < -0.3 is 15.0 Å². The summed E-state index contributed by atoms with van der Waals surface area (Å²) in [6.45, 7) is 9.28. The number of hydrogen-bond acceptors (Lipinski definition) is 4. The molecular formula is C23H29F2N3O2. The van der Waals surface area contributed by atoms with Crippen molar-refractivity contribution in [3.63, 3.8) is 0 Å². The molecule has 1 atom stereocenters. The monoisotopic (exact) mass is 417 g/mol. The molecule has 0 bridgehead atoms. The predicted molar refractivity (Wildman–Crippen MR) is 114 cm³/mol. The highest BCUT2D eigenvalue weighted by Gasteiger charge is 2.23. The fourth-order valence-corrected chi connectivity index (χ4v) is 3.54. The highest BCUT2D eigenvalue weighted by Crippen LogP contribution is 2.29. The summed E-state index contributed by atoms with van der Waals surface area (Å²) in [5, 5.41) is 2.66. The molecule has 1 aromatic carbocycles. The van der Waals surface area contributed by atoms with Gasteiger partial charge in [-0.25, -0.2) is 9.37 Å². The van der Waals surface area contributed by atoms with Gasteiger partial charge in [-0.3, -0.25) is 4.79 Å². The topological polar surface area (TPSA) is 54.5 Å². The number of ether oxygens (including phenoxy) is 1. The Morgan fingerprint density at radius 3 is 2.57 bits per heavy atom. The minimum absolute atomic E-state index is 0.128. The van der Waals surface area contributed by atoms with Gasteiger partial charge in [0, 0.05) is 19.5 Å². The summed E-state index contributed by atoms with van der Waals surface area (Å²) < 4.78 is 33.8. The number of halogens is 2. The van der Waals surface area contributed by atoms with Gasteiger partial charge >= 0.3 is 0 Å². The molecule has 1 aliphatic rings. The Morgan fingerprint density at radius 1 is 1.23 bits per heavy atom. The fourth-order valence-electron chi connectivity index (χ4n) is 3.54. The molecule has 3 rings (SSSR count). The number of anilines is 2. The molecule has 1 amide bonds. The van der Waals surface area contributed by atoms with Crippen molar-refractivity contribution in [2.45, 2.75) is 46.6 Å². The van der Waals surface area contributed by atoms with Crippen molar-refractivity contribution >= 4 is 17.4 Å². The third-order valence-corrected chi connectivity index (χ3v) is 5.02. The van der Waals surface area contributed by atoms with Crippen LogP contribution in [-0.4, -0.2) is 30.6 Å². The number of rotatable bonds is 4. The predicted octanol–water partition coefficient (Wildman–Crippen LogP) is 5.01. The number of nitrogens with zero attached hydrogens (tertiary/aromatic N) is 2. The quantitative estimate of drug-likeness (QED) is 0.711. The summed E-state index contributed by atoms with van der Waals surface area (Å²) in [6, 6.07) is 8.09. The van der Waals surface area contributed by atoms with Gasteiger partial charge in [0.15, 0.2) is 0 Å². The molecule has 1 fully saturated rings. The first-order chi connectivity index (χ1) is 14.1. The molecule has 0 unspecified atom stereocenters. The minimum atomic E-state index is -0.687. The van der Waals surface area contributed by atoms with E-state index in [9.17, 15) is 13.6 Å². The summed E-state index contributed by atoms with van der Waals surface area (Å²) in [5.74, 6) is -0.683. The molecule has 30 heavy (non-hydrogen) atoms. The van der Waals surface area contributed by atoms with Crippen LogP contribution in [0.2, 0.25) is 0 Å². The largest absolute Gasteiger partial charge is 0.372 e. The second kappa shape index (κ2) is 9.08. The van der Waals surface area contributed by atoms with E-state index in [1.54, 1.807) is 25.1 Å². The highest BCUT2D eigenvalue weighted by atomic mass is 19.1. The standard InChI is InChI=1S/C23H29F2N3O2/c1-15-13-19(26-22(25)21(15)27-20(29)14-23(2,3)4)28-10-9-18(30-12-11-28)16-5-7-17(24)8-6-16/h5-8,13,18H,9-12,14H2,1-4H3,(H,27,29)/t18-/m1/s1. The van der Waals surface area contributed by atoms with Crippen molar-refractivity contribution in [2.75, 3.05) is 29.9 Å². The number of amides is 1. The van der Waals surface area contributed by atoms with E-state index in [-0.39, 0.29) is 28.9 Å². The van der Waals surface area contributed by atoms with Gasteiger partial charge in [0.05, 0.1) is 18.4 Å². The smallest absolute Gasteiger partial charge is 0.238 e. The molecule has 5 nitrogen and oxygen atoms in total. The number of benzene rings is 1. The maximum absolute atomic E-state index is 14.7. The first kappa shape index (κ1) is 22.2. The minimum Gasteiger partial charge on any atom is -0.372 e. The number of pyridine rings is 1. The van der Waals surface area contributed by atoms with E-state index in [4.69, 9.17) is 4.74 Å². The van der Waals surface area contributed by atoms with Gasteiger partial charge in [-0.15, -0.1) is 0 Å².